The minimum absolute atomic E-state index is 0.183. The zero-order chi connectivity index (χ0) is 19.3. The lowest BCUT2D eigenvalue weighted by atomic mass is 10.2. The van der Waals surface area contributed by atoms with Gasteiger partial charge in [0.1, 0.15) is 12.4 Å². The number of nitrogens with one attached hydrogen (secondary N) is 2. The lowest BCUT2D eigenvalue weighted by molar-refractivity contribution is 0.0927. The third-order valence-corrected chi connectivity index (χ3v) is 4.35. The molecule has 0 fully saturated rings. The number of ether oxygens (including phenoxy) is 1. The van der Waals surface area contributed by atoms with Crippen molar-refractivity contribution < 1.29 is 17.9 Å². The van der Waals surface area contributed by atoms with Gasteiger partial charge in [-0.25, -0.2) is 8.42 Å². The fraction of sp³-hybridized carbons (Fsp3) is 0.278. The van der Waals surface area contributed by atoms with Crippen LogP contribution in [0.5, 0.6) is 5.75 Å². The molecule has 0 saturated heterocycles. The van der Waals surface area contributed by atoms with Crippen LogP contribution in [0.2, 0.25) is 5.02 Å². The highest BCUT2D eigenvalue weighted by Gasteiger charge is 2.15. The number of benzene rings is 2. The molecule has 2 aromatic carbocycles. The molecule has 1 unspecified atom stereocenters. The molecule has 1 amide bonds. The summed E-state index contributed by atoms with van der Waals surface area (Å²) in [4.78, 5) is 12.4. The van der Waals surface area contributed by atoms with Gasteiger partial charge in [-0.2, -0.15) is 0 Å². The second-order valence-electron chi connectivity index (χ2n) is 6.07. The predicted molar refractivity (Wildman–Crippen MR) is 104 cm³/mol. The third-order valence-electron chi connectivity index (χ3n) is 3.41. The smallest absolute Gasteiger partial charge is 0.253 e. The van der Waals surface area contributed by atoms with Crippen LogP contribution in [0, 0.1) is 6.92 Å². The summed E-state index contributed by atoms with van der Waals surface area (Å²) in [5.74, 6) is 0.307. The van der Waals surface area contributed by atoms with Crippen LogP contribution in [-0.4, -0.2) is 33.2 Å². The summed E-state index contributed by atoms with van der Waals surface area (Å²) in [5.41, 5.74) is 1.59. The molecule has 0 heterocycles. The first-order valence-corrected chi connectivity index (χ1v) is 10.2. The predicted octanol–water partition coefficient (Wildman–Crippen LogP) is 3.22. The first kappa shape index (κ1) is 20.1. The van der Waals surface area contributed by atoms with Crippen LogP contribution >= 0.6 is 11.6 Å². The Bertz CT molecular complexity index is 883. The fourth-order valence-corrected chi connectivity index (χ4v) is 2.93. The molecule has 1 atom stereocenters. The van der Waals surface area contributed by atoms with Crippen LogP contribution in [0.4, 0.5) is 5.69 Å². The second-order valence-corrected chi connectivity index (χ2v) is 8.22. The van der Waals surface area contributed by atoms with Crippen molar-refractivity contribution in [1.29, 1.82) is 0 Å². The van der Waals surface area contributed by atoms with Crippen LogP contribution in [0.15, 0.2) is 42.5 Å². The number of halogens is 1. The number of amides is 1. The number of aryl methyl sites for hydroxylation is 1. The number of rotatable bonds is 7. The van der Waals surface area contributed by atoms with Gasteiger partial charge >= 0.3 is 0 Å². The summed E-state index contributed by atoms with van der Waals surface area (Å²) >= 11 is 6.06. The number of anilines is 1. The maximum Gasteiger partial charge on any atom is 0.253 e. The zero-order valence-electron chi connectivity index (χ0n) is 14.7. The van der Waals surface area contributed by atoms with Crippen molar-refractivity contribution >= 4 is 33.2 Å². The first-order valence-electron chi connectivity index (χ1n) is 7.92. The van der Waals surface area contributed by atoms with Gasteiger partial charge in [-0.3, -0.25) is 9.52 Å². The van der Waals surface area contributed by atoms with Crippen molar-refractivity contribution in [3.8, 4) is 5.75 Å². The minimum atomic E-state index is -3.44. The van der Waals surface area contributed by atoms with Crippen molar-refractivity contribution in [2.24, 2.45) is 0 Å². The van der Waals surface area contributed by atoms with Crippen molar-refractivity contribution in [1.82, 2.24) is 5.32 Å². The minimum Gasteiger partial charge on any atom is -0.491 e. The maximum absolute atomic E-state index is 12.4. The largest absolute Gasteiger partial charge is 0.491 e. The summed E-state index contributed by atoms with van der Waals surface area (Å²) in [7, 11) is -3.44. The van der Waals surface area contributed by atoms with E-state index in [1.807, 2.05) is 31.2 Å². The molecule has 6 nitrogen and oxygen atoms in total. The van der Waals surface area contributed by atoms with E-state index in [2.05, 4.69) is 10.0 Å². The molecule has 26 heavy (non-hydrogen) atoms. The van der Waals surface area contributed by atoms with Crippen molar-refractivity contribution in [3.05, 3.63) is 58.6 Å². The number of carbonyl (C=O) groups excluding carboxylic acids is 1. The number of carbonyl (C=O) groups is 1. The molecular formula is C18H21ClN2O4S. The number of hydrogen-bond donors (Lipinski definition) is 2. The Morgan fingerprint density at radius 2 is 1.85 bits per heavy atom. The van der Waals surface area contributed by atoms with E-state index in [9.17, 15) is 13.2 Å². The van der Waals surface area contributed by atoms with Gasteiger partial charge in [-0.05, 0) is 44.2 Å². The van der Waals surface area contributed by atoms with Gasteiger partial charge in [-0.15, -0.1) is 0 Å². The molecule has 0 aliphatic rings. The van der Waals surface area contributed by atoms with E-state index in [4.69, 9.17) is 16.3 Å². The Kier molecular flexibility index (Phi) is 6.50. The van der Waals surface area contributed by atoms with Crippen LogP contribution in [-0.2, 0) is 10.0 Å². The van der Waals surface area contributed by atoms with E-state index in [0.717, 1.165) is 11.8 Å². The molecule has 8 heteroatoms. The zero-order valence-corrected chi connectivity index (χ0v) is 16.3. The molecular weight excluding hydrogens is 376 g/mol. The molecule has 0 aliphatic heterocycles. The summed E-state index contributed by atoms with van der Waals surface area (Å²) in [6.07, 6.45) is 1.03. The van der Waals surface area contributed by atoms with Crippen LogP contribution < -0.4 is 14.8 Å². The highest BCUT2D eigenvalue weighted by Crippen LogP contribution is 2.21. The third kappa shape index (κ3) is 6.24. The van der Waals surface area contributed by atoms with E-state index in [0.29, 0.717) is 5.75 Å². The Morgan fingerprint density at radius 3 is 2.46 bits per heavy atom. The molecule has 0 bridgehead atoms. The maximum atomic E-state index is 12.4. The van der Waals surface area contributed by atoms with Gasteiger partial charge in [0.2, 0.25) is 10.0 Å². The van der Waals surface area contributed by atoms with Gasteiger partial charge in [0, 0.05) is 5.69 Å². The van der Waals surface area contributed by atoms with Crippen molar-refractivity contribution in [3.63, 3.8) is 0 Å². The quantitative estimate of drug-likeness (QED) is 0.752. The molecule has 140 valence electrons. The summed E-state index contributed by atoms with van der Waals surface area (Å²) in [6.45, 7) is 4.08. The average molecular weight is 397 g/mol. The van der Waals surface area contributed by atoms with E-state index in [1.165, 1.54) is 18.2 Å². The highest BCUT2D eigenvalue weighted by molar-refractivity contribution is 7.92. The first-order chi connectivity index (χ1) is 12.1. The Hall–Kier alpha value is -2.25. The van der Waals surface area contributed by atoms with Gasteiger partial charge in [0.25, 0.3) is 5.91 Å². The standard InChI is InChI=1S/C18H21ClN2O4S/c1-12-4-7-15(8-5-12)25-11-13(2)20-18(22)16-10-14(6-9-17(16)19)21-26(3,23)24/h4-10,13,21H,11H2,1-3H3,(H,20,22). The molecule has 2 rings (SSSR count). The fourth-order valence-electron chi connectivity index (χ4n) is 2.18. The number of sulfonamides is 1. The summed E-state index contributed by atoms with van der Waals surface area (Å²) in [5, 5.41) is 3.01. The van der Waals surface area contributed by atoms with Gasteiger partial charge in [0.15, 0.2) is 0 Å². The molecule has 0 aliphatic carbocycles. The van der Waals surface area contributed by atoms with Gasteiger partial charge < -0.3 is 10.1 Å². The van der Waals surface area contributed by atoms with Crippen LogP contribution in [0.1, 0.15) is 22.8 Å². The average Bonchev–Trinajstić information content (AvgIpc) is 2.54. The number of hydrogen-bond acceptors (Lipinski definition) is 4. The molecule has 0 spiro atoms. The van der Waals surface area contributed by atoms with Gasteiger partial charge in [-0.1, -0.05) is 29.3 Å². The van der Waals surface area contributed by atoms with Gasteiger partial charge in [0.05, 0.1) is 22.9 Å². The second kappa shape index (κ2) is 8.42. The normalized spacial score (nSPS) is 12.3. The van der Waals surface area contributed by atoms with E-state index in [1.54, 1.807) is 6.92 Å². The van der Waals surface area contributed by atoms with E-state index >= 15 is 0 Å². The van der Waals surface area contributed by atoms with E-state index in [-0.39, 0.29) is 28.9 Å². The summed E-state index contributed by atoms with van der Waals surface area (Å²) < 4.78 is 30.6. The molecule has 2 aromatic rings. The lowest BCUT2D eigenvalue weighted by Crippen LogP contribution is -2.37. The van der Waals surface area contributed by atoms with Crippen molar-refractivity contribution in [2.75, 3.05) is 17.6 Å². The molecule has 0 radical (unpaired) electrons. The Labute approximate surface area is 158 Å². The van der Waals surface area contributed by atoms with Crippen LogP contribution in [0.25, 0.3) is 0 Å². The Balaban J connectivity index is 1.99. The van der Waals surface area contributed by atoms with E-state index < -0.39 is 15.9 Å². The highest BCUT2D eigenvalue weighted by atomic mass is 35.5. The molecule has 0 aromatic heterocycles. The Morgan fingerprint density at radius 1 is 1.19 bits per heavy atom. The molecule has 2 N–H and O–H groups in total. The monoisotopic (exact) mass is 396 g/mol. The van der Waals surface area contributed by atoms with Crippen LogP contribution in [0.3, 0.4) is 0 Å². The molecule has 0 saturated carbocycles. The lowest BCUT2D eigenvalue weighted by Gasteiger charge is -2.16. The van der Waals surface area contributed by atoms with Crippen molar-refractivity contribution in [2.45, 2.75) is 19.9 Å². The SMILES string of the molecule is Cc1ccc(OCC(C)NC(=O)c2cc(NS(C)(=O)=O)ccc2Cl)cc1. The summed E-state index contributed by atoms with van der Waals surface area (Å²) in [6, 6.07) is 11.7. The topological polar surface area (TPSA) is 84.5 Å².